The van der Waals surface area contributed by atoms with Crippen LogP contribution in [0, 0.1) is 5.92 Å². The molecule has 1 fully saturated rings. The third kappa shape index (κ3) is 5.17. The lowest BCUT2D eigenvalue weighted by molar-refractivity contribution is -0.121. The monoisotopic (exact) mass is 430 g/mol. The Balaban J connectivity index is 1.35. The molecule has 0 unspecified atom stereocenters. The second-order valence-electron chi connectivity index (χ2n) is 8.64. The van der Waals surface area contributed by atoms with Crippen molar-refractivity contribution >= 4 is 28.3 Å². The van der Waals surface area contributed by atoms with Crippen molar-refractivity contribution < 1.29 is 14.3 Å². The second-order valence-corrected chi connectivity index (χ2v) is 8.64. The summed E-state index contributed by atoms with van der Waals surface area (Å²) in [7, 11) is 0. The number of benzene rings is 3. The fraction of sp³-hybridized carbons (Fsp3) is 0.333. The number of nitrogens with zero attached hydrogens (tertiary/aromatic N) is 1. The van der Waals surface area contributed by atoms with Gasteiger partial charge in [-0.1, -0.05) is 48.5 Å². The van der Waals surface area contributed by atoms with Crippen molar-refractivity contribution in [1.29, 1.82) is 0 Å². The second kappa shape index (κ2) is 9.96. The van der Waals surface area contributed by atoms with E-state index in [4.69, 9.17) is 4.74 Å². The van der Waals surface area contributed by atoms with Crippen molar-refractivity contribution in [2.75, 3.05) is 18.4 Å². The molecule has 1 aliphatic heterocycles. The molecule has 1 aliphatic rings. The number of hydrogen-bond acceptors (Lipinski definition) is 3. The van der Waals surface area contributed by atoms with Gasteiger partial charge >= 0.3 is 0 Å². The van der Waals surface area contributed by atoms with Gasteiger partial charge in [-0.15, -0.1) is 0 Å². The van der Waals surface area contributed by atoms with Gasteiger partial charge in [0.25, 0.3) is 5.91 Å². The Morgan fingerprint density at radius 1 is 1.00 bits per heavy atom. The molecule has 0 saturated carbocycles. The lowest BCUT2D eigenvalue weighted by Gasteiger charge is -2.31. The van der Waals surface area contributed by atoms with Crippen molar-refractivity contribution in [3.05, 3.63) is 77.9 Å². The number of hydrogen-bond donors (Lipinski definition) is 1. The average molecular weight is 431 g/mol. The number of likely N-dealkylation sites (tertiary alicyclic amines) is 1. The van der Waals surface area contributed by atoms with E-state index in [1.807, 2.05) is 85.5 Å². The van der Waals surface area contributed by atoms with Crippen LogP contribution in [0.1, 0.15) is 42.6 Å². The SMILES string of the molecule is CC(C)OCc1cccc(NC(=O)C2CCN(C(=O)c3cccc4ccccc34)CC2)c1. The number of nitrogens with one attached hydrogen (secondary N) is 1. The van der Waals surface area contributed by atoms with Crippen LogP contribution < -0.4 is 5.32 Å². The van der Waals surface area contributed by atoms with Gasteiger partial charge in [0.1, 0.15) is 0 Å². The maximum absolute atomic E-state index is 13.1. The minimum absolute atomic E-state index is 0.0178. The first kappa shape index (κ1) is 22.0. The molecule has 2 amide bonds. The molecule has 5 heteroatoms. The summed E-state index contributed by atoms with van der Waals surface area (Å²) in [6.07, 6.45) is 1.49. The Labute approximate surface area is 189 Å². The summed E-state index contributed by atoms with van der Waals surface area (Å²) in [5.41, 5.74) is 2.55. The van der Waals surface area contributed by atoms with E-state index < -0.39 is 0 Å². The number of rotatable bonds is 6. The Morgan fingerprint density at radius 3 is 2.50 bits per heavy atom. The van der Waals surface area contributed by atoms with Crippen molar-refractivity contribution in [2.45, 2.75) is 39.4 Å². The van der Waals surface area contributed by atoms with Gasteiger partial charge in [-0.05, 0) is 61.2 Å². The molecule has 4 rings (SSSR count). The van der Waals surface area contributed by atoms with Gasteiger partial charge in [0.2, 0.25) is 5.91 Å². The van der Waals surface area contributed by atoms with Gasteiger partial charge in [-0.25, -0.2) is 0 Å². The van der Waals surface area contributed by atoms with Crippen molar-refractivity contribution in [3.8, 4) is 0 Å². The zero-order valence-corrected chi connectivity index (χ0v) is 18.7. The third-order valence-corrected chi connectivity index (χ3v) is 5.95. The maximum atomic E-state index is 13.1. The van der Waals surface area contributed by atoms with Crippen LogP contribution in [0.25, 0.3) is 10.8 Å². The average Bonchev–Trinajstić information content (AvgIpc) is 2.82. The molecular weight excluding hydrogens is 400 g/mol. The zero-order valence-electron chi connectivity index (χ0n) is 18.7. The highest BCUT2D eigenvalue weighted by Crippen LogP contribution is 2.24. The molecule has 32 heavy (non-hydrogen) atoms. The number of amides is 2. The topological polar surface area (TPSA) is 58.6 Å². The summed E-state index contributed by atoms with van der Waals surface area (Å²) in [5, 5.41) is 5.08. The molecule has 3 aromatic carbocycles. The Kier molecular flexibility index (Phi) is 6.86. The van der Waals surface area contributed by atoms with Gasteiger partial charge in [-0.2, -0.15) is 0 Å². The van der Waals surface area contributed by atoms with E-state index in [0.29, 0.717) is 32.5 Å². The van der Waals surface area contributed by atoms with E-state index in [0.717, 1.165) is 27.6 Å². The van der Waals surface area contributed by atoms with Crippen molar-refractivity contribution in [3.63, 3.8) is 0 Å². The van der Waals surface area contributed by atoms with Crippen LogP contribution in [0.15, 0.2) is 66.7 Å². The highest BCUT2D eigenvalue weighted by Gasteiger charge is 2.28. The normalized spacial score (nSPS) is 14.7. The van der Waals surface area contributed by atoms with E-state index in [9.17, 15) is 9.59 Å². The molecule has 3 aromatic rings. The molecule has 0 aliphatic carbocycles. The third-order valence-electron chi connectivity index (χ3n) is 5.95. The number of carbonyl (C=O) groups excluding carboxylic acids is 2. The molecule has 0 radical (unpaired) electrons. The fourth-order valence-corrected chi connectivity index (χ4v) is 4.17. The van der Waals surface area contributed by atoms with Crippen LogP contribution in [-0.2, 0) is 16.1 Å². The number of ether oxygens (including phenoxy) is 1. The standard InChI is InChI=1S/C27H30N2O3/c1-19(2)32-18-20-7-5-10-23(17-20)28-26(30)22-13-15-29(16-14-22)27(31)25-12-6-9-21-8-3-4-11-24(21)25/h3-12,17,19,22H,13-16,18H2,1-2H3,(H,28,30). The first-order chi connectivity index (χ1) is 15.5. The number of carbonyl (C=O) groups is 2. The Morgan fingerprint density at radius 2 is 1.72 bits per heavy atom. The first-order valence-electron chi connectivity index (χ1n) is 11.3. The molecule has 0 bridgehead atoms. The van der Waals surface area contributed by atoms with Gasteiger partial charge < -0.3 is 15.0 Å². The smallest absolute Gasteiger partial charge is 0.254 e. The minimum Gasteiger partial charge on any atom is -0.374 e. The number of fused-ring (bicyclic) bond motifs is 1. The molecule has 1 heterocycles. The summed E-state index contributed by atoms with van der Waals surface area (Å²) in [4.78, 5) is 27.8. The molecule has 1 saturated heterocycles. The Hall–Kier alpha value is -3.18. The minimum atomic E-state index is -0.0952. The zero-order chi connectivity index (χ0) is 22.5. The Bertz CT molecular complexity index is 1100. The van der Waals surface area contributed by atoms with E-state index in [2.05, 4.69) is 5.32 Å². The predicted octanol–water partition coefficient (Wildman–Crippen LogP) is 5.26. The molecule has 1 N–H and O–H groups in total. The van der Waals surface area contributed by atoms with Crippen molar-refractivity contribution in [1.82, 2.24) is 4.90 Å². The van der Waals surface area contributed by atoms with Gasteiger partial charge in [0.15, 0.2) is 0 Å². The number of piperidine rings is 1. The molecule has 166 valence electrons. The van der Waals surface area contributed by atoms with Crippen molar-refractivity contribution in [2.24, 2.45) is 5.92 Å². The van der Waals surface area contributed by atoms with Crippen LogP contribution in [0.2, 0.25) is 0 Å². The van der Waals surface area contributed by atoms with Gasteiger partial charge in [-0.3, -0.25) is 9.59 Å². The largest absolute Gasteiger partial charge is 0.374 e. The highest BCUT2D eigenvalue weighted by atomic mass is 16.5. The molecule has 0 aromatic heterocycles. The quantitative estimate of drug-likeness (QED) is 0.581. The molecule has 0 atom stereocenters. The summed E-state index contributed by atoms with van der Waals surface area (Å²) in [6, 6.07) is 21.6. The first-order valence-corrected chi connectivity index (χ1v) is 11.3. The van der Waals surface area contributed by atoms with Crippen LogP contribution in [0.3, 0.4) is 0 Å². The van der Waals surface area contributed by atoms with E-state index in [1.54, 1.807) is 0 Å². The molecular formula is C27H30N2O3. The molecule has 0 spiro atoms. The summed E-state index contributed by atoms with van der Waals surface area (Å²) < 4.78 is 5.65. The summed E-state index contributed by atoms with van der Waals surface area (Å²) in [5.74, 6) is -0.0372. The van der Waals surface area contributed by atoms with Crippen LogP contribution in [-0.4, -0.2) is 35.9 Å². The molecule has 5 nitrogen and oxygen atoms in total. The number of anilines is 1. The summed E-state index contributed by atoms with van der Waals surface area (Å²) >= 11 is 0. The predicted molar refractivity (Wildman–Crippen MR) is 128 cm³/mol. The van der Waals surface area contributed by atoms with Crippen LogP contribution in [0.5, 0.6) is 0 Å². The fourth-order valence-electron chi connectivity index (χ4n) is 4.17. The van der Waals surface area contributed by atoms with Crippen LogP contribution in [0.4, 0.5) is 5.69 Å². The van der Waals surface area contributed by atoms with E-state index in [-0.39, 0.29) is 23.8 Å². The van der Waals surface area contributed by atoms with Gasteiger partial charge in [0, 0.05) is 30.3 Å². The highest BCUT2D eigenvalue weighted by molar-refractivity contribution is 6.07. The van der Waals surface area contributed by atoms with E-state index >= 15 is 0 Å². The lowest BCUT2D eigenvalue weighted by atomic mass is 9.94. The lowest BCUT2D eigenvalue weighted by Crippen LogP contribution is -2.41. The summed E-state index contributed by atoms with van der Waals surface area (Å²) in [6.45, 7) is 5.70. The maximum Gasteiger partial charge on any atom is 0.254 e. The van der Waals surface area contributed by atoms with Gasteiger partial charge in [0.05, 0.1) is 12.7 Å². The van der Waals surface area contributed by atoms with E-state index in [1.165, 1.54) is 0 Å². The van der Waals surface area contributed by atoms with Crippen LogP contribution >= 0.6 is 0 Å².